The highest BCUT2D eigenvalue weighted by molar-refractivity contribution is 7.09. The number of urea groups is 1. The van der Waals surface area contributed by atoms with Gasteiger partial charge >= 0.3 is 6.03 Å². The number of piperidine rings is 1. The number of thiazole rings is 1. The summed E-state index contributed by atoms with van der Waals surface area (Å²) in [6, 6.07) is 3.14. The van der Waals surface area contributed by atoms with Gasteiger partial charge in [0.2, 0.25) is 0 Å². The first-order valence-electron chi connectivity index (χ1n) is 12.1. The van der Waals surface area contributed by atoms with Crippen LogP contribution in [0.15, 0.2) is 30.0 Å². The van der Waals surface area contributed by atoms with Crippen LogP contribution in [0.5, 0.6) is 0 Å². The lowest BCUT2D eigenvalue weighted by Crippen LogP contribution is -2.59. The Morgan fingerprint density at radius 2 is 2.15 bits per heavy atom. The van der Waals surface area contributed by atoms with Crippen LogP contribution in [0.4, 0.5) is 10.5 Å². The van der Waals surface area contributed by atoms with Crippen LogP contribution in [0.2, 0.25) is 25.7 Å². The van der Waals surface area contributed by atoms with E-state index in [4.69, 9.17) is 4.74 Å². The molecule has 0 spiro atoms. The predicted octanol–water partition coefficient (Wildman–Crippen LogP) is 5.09. The van der Waals surface area contributed by atoms with Crippen molar-refractivity contribution >= 4 is 42.2 Å². The Kier molecular flexibility index (Phi) is 6.74. The van der Waals surface area contributed by atoms with Crippen molar-refractivity contribution in [2.24, 2.45) is 0 Å². The zero-order valence-corrected chi connectivity index (χ0v) is 22.1. The van der Waals surface area contributed by atoms with Crippen LogP contribution in [0, 0.1) is 0 Å². The Labute approximate surface area is 205 Å². The van der Waals surface area contributed by atoms with E-state index in [2.05, 4.69) is 39.5 Å². The topological polar surface area (TPSA) is 77.6 Å². The molecule has 2 amide bonds. The van der Waals surface area contributed by atoms with Crippen LogP contribution < -0.4 is 4.90 Å². The van der Waals surface area contributed by atoms with Gasteiger partial charge in [0, 0.05) is 56.1 Å². The van der Waals surface area contributed by atoms with E-state index in [1.54, 1.807) is 11.3 Å². The second-order valence-electron chi connectivity index (χ2n) is 10.4. The van der Waals surface area contributed by atoms with Crippen molar-refractivity contribution in [2.75, 3.05) is 24.8 Å². The maximum absolute atomic E-state index is 14.0. The molecule has 0 aromatic carbocycles. The number of rotatable bonds is 8. The van der Waals surface area contributed by atoms with E-state index in [-0.39, 0.29) is 12.2 Å². The van der Waals surface area contributed by atoms with E-state index < -0.39 is 8.07 Å². The fourth-order valence-corrected chi connectivity index (χ4v) is 6.24. The van der Waals surface area contributed by atoms with Crippen molar-refractivity contribution in [3.8, 4) is 0 Å². The third-order valence-corrected chi connectivity index (χ3v) is 9.12. The van der Waals surface area contributed by atoms with Gasteiger partial charge in [-0.3, -0.25) is 14.7 Å². The number of aromatic nitrogens is 3. The number of amides is 2. The van der Waals surface area contributed by atoms with Crippen LogP contribution in [-0.4, -0.2) is 64.9 Å². The molecule has 0 aliphatic carbocycles. The Morgan fingerprint density at radius 1 is 1.26 bits per heavy atom. The highest BCUT2D eigenvalue weighted by Gasteiger charge is 2.40. The zero-order valence-electron chi connectivity index (χ0n) is 20.3. The number of pyridine rings is 1. The summed E-state index contributed by atoms with van der Waals surface area (Å²) in [6.45, 7) is 10.3. The first-order valence-corrected chi connectivity index (χ1v) is 16.7. The molecule has 5 heterocycles. The normalized spacial score (nSPS) is 19.7. The van der Waals surface area contributed by atoms with Gasteiger partial charge in [0.05, 0.1) is 24.9 Å². The largest absolute Gasteiger partial charge is 0.361 e. The minimum Gasteiger partial charge on any atom is -0.361 e. The lowest BCUT2D eigenvalue weighted by molar-refractivity contribution is 0.0456. The molecule has 5 rings (SSSR count). The number of ether oxygens (including phenoxy) is 1. The monoisotopic (exact) mass is 498 g/mol. The molecule has 0 bridgehead atoms. The molecule has 34 heavy (non-hydrogen) atoms. The molecule has 2 aliphatic heterocycles. The predicted molar refractivity (Wildman–Crippen MR) is 139 cm³/mol. The number of fused-ring (bicyclic) bond motifs is 3. The van der Waals surface area contributed by atoms with Gasteiger partial charge in [0.15, 0.2) is 0 Å². The van der Waals surface area contributed by atoms with Gasteiger partial charge in [0.25, 0.3) is 0 Å². The molecule has 3 aromatic rings. The van der Waals surface area contributed by atoms with Crippen LogP contribution in [0.25, 0.3) is 11.0 Å². The number of carbonyl (C=O) groups is 1. The van der Waals surface area contributed by atoms with Gasteiger partial charge in [-0.25, -0.2) is 14.8 Å². The molecule has 10 heteroatoms. The quantitative estimate of drug-likeness (QED) is 0.346. The Balaban J connectivity index is 1.46. The highest BCUT2D eigenvalue weighted by Crippen LogP contribution is 2.38. The summed E-state index contributed by atoms with van der Waals surface area (Å²) in [4.78, 5) is 32.6. The first kappa shape index (κ1) is 23.5. The van der Waals surface area contributed by atoms with E-state index in [0.29, 0.717) is 19.9 Å². The summed E-state index contributed by atoms with van der Waals surface area (Å²) >= 11 is 1.67. The minimum absolute atomic E-state index is 0.0187. The number of hydrogen-bond acceptors (Lipinski definition) is 6. The molecule has 182 valence electrons. The van der Waals surface area contributed by atoms with Crippen LogP contribution in [0.1, 0.15) is 29.8 Å². The standard InChI is InChI=1S/C24H34N6O2SSi/c1-34(2,3)13-11-32-17-29-15-18-14-27-23-19(7-8-26-23)22(18)30(24(29)31)21-6-4-5-10-28(21)16-20-25-9-12-33-20/h7-9,12,14,21H,4-6,10-11,13,15-17H2,1-3H3,(H,26,27). The van der Waals surface area contributed by atoms with E-state index in [1.807, 2.05) is 39.8 Å². The molecule has 2 aliphatic rings. The lowest BCUT2D eigenvalue weighted by atomic mass is 10.0. The number of likely N-dealkylation sites (tertiary alicyclic amines) is 1. The van der Waals surface area contributed by atoms with Crippen molar-refractivity contribution < 1.29 is 9.53 Å². The van der Waals surface area contributed by atoms with Crippen LogP contribution >= 0.6 is 11.3 Å². The van der Waals surface area contributed by atoms with E-state index in [0.717, 1.165) is 65.7 Å². The number of H-pyrrole nitrogens is 1. The average molecular weight is 499 g/mol. The number of aromatic amines is 1. The van der Waals surface area contributed by atoms with Gasteiger partial charge in [-0.05, 0) is 31.4 Å². The number of anilines is 1. The van der Waals surface area contributed by atoms with Crippen molar-refractivity contribution in [1.82, 2.24) is 24.8 Å². The summed E-state index contributed by atoms with van der Waals surface area (Å²) in [5.74, 6) is 0. The third kappa shape index (κ3) is 4.90. The van der Waals surface area contributed by atoms with Gasteiger partial charge in [0.1, 0.15) is 17.4 Å². The average Bonchev–Trinajstić information content (AvgIpc) is 3.49. The summed E-state index contributed by atoms with van der Waals surface area (Å²) in [5.41, 5.74) is 2.88. The molecule has 3 aromatic heterocycles. The molecule has 8 nitrogen and oxygen atoms in total. The fourth-order valence-electron chi connectivity index (χ4n) is 4.84. The van der Waals surface area contributed by atoms with Gasteiger partial charge < -0.3 is 9.72 Å². The third-order valence-electron chi connectivity index (χ3n) is 6.66. The first-order chi connectivity index (χ1) is 16.4. The molecule has 1 saturated heterocycles. The second-order valence-corrected chi connectivity index (χ2v) is 17.0. The maximum Gasteiger partial charge on any atom is 0.327 e. The van der Waals surface area contributed by atoms with Crippen molar-refractivity contribution in [2.45, 2.75) is 64.2 Å². The maximum atomic E-state index is 14.0. The van der Waals surface area contributed by atoms with E-state index in [9.17, 15) is 4.79 Å². The zero-order chi connectivity index (χ0) is 23.7. The van der Waals surface area contributed by atoms with E-state index in [1.165, 1.54) is 0 Å². The van der Waals surface area contributed by atoms with E-state index >= 15 is 0 Å². The molecular formula is C24H34N6O2SSi. The number of carbonyl (C=O) groups excluding carboxylic acids is 1. The molecule has 1 atom stereocenters. The number of nitrogens with one attached hydrogen (secondary N) is 1. The van der Waals surface area contributed by atoms with Gasteiger partial charge in [-0.15, -0.1) is 11.3 Å². The molecule has 1 fully saturated rings. The van der Waals surface area contributed by atoms with Gasteiger partial charge in [-0.2, -0.15) is 0 Å². The van der Waals surface area contributed by atoms with Crippen molar-refractivity contribution in [3.05, 3.63) is 40.6 Å². The molecule has 1 unspecified atom stereocenters. The fraction of sp³-hybridized carbons (Fsp3) is 0.542. The van der Waals surface area contributed by atoms with Crippen LogP contribution in [-0.2, 0) is 17.8 Å². The summed E-state index contributed by atoms with van der Waals surface area (Å²) in [6.07, 6.45) is 8.83. The number of nitrogens with zero attached hydrogens (tertiary/aromatic N) is 5. The molecule has 1 N–H and O–H groups in total. The molecular weight excluding hydrogens is 464 g/mol. The summed E-state index contributed by atoms with van der Waals surface area (Å²) in [5, 5.41) is 4.11. The van der Waals surface area contributed by atoms with Crippen molar-refractivity contribution in [1.29, 1.82) is 0 Å². The van der Waals surface area contributed by atoms with Crippen LogP contribution in [0.3, 0.4) is 0 Å². The second kappa shape index (κ2) is 9.77. The Morgan fingerprint density at radius 3 is 2.94 bits per heavy atom. The minimum atomic E-state index is -1.19. The number of hydrogen-bond donors (Lipinski definition) is 1. The smallest absolute Gasteiger partial charge is 0.327 e. The van der Waals surface area contributed by atoms with Gasteiger partial charge in [-0.1, -0.05) is 19.6 Å². The van der Waals surface area contributed by atoms with Crippen molar-refractivity contribution in [3.63, 3.8) is 0 Å². The lowest BCUT2D eigenvalue weighted by Gasteiger charge is -2.46. The Hall–Kier alpha value is -2.27. The Bertz CT molecular complexity index is 1130. The highest BCUT2D eigenvalue weighted by atomic mass is 32.1. The summed E-state index contributed by atoms with van der Waals surface area (Å²) in [7, 11) is -1.19. The SMILES string of the molecule is C[Si](C)(C)CCOCN1Cc2cnc3[nH]ccc3c2N(C2CCCCN2Cc2nccs2)C1=O. The summed E-state index contributed by atoms with van der Waals surface area (Å²) < 4.78 is 6.02. The molecule has 0 radical (unpaired) electrons. The molecule has 0 saturated carbocycles.